The van der Waals surface area contributed by atoms with Crippen LogP contribution >= 0.6 is 27.5 Å². The van der Waals surface area contributed by atoms with Gasteiger partial charge in [-0.05, 0) is 133 Å². The second-order valence-electron chi connectivity index (χ2n) is 15.6. The normalized spacial score (nSPS) is 21.0. The van der Waals surface area contributed by atoms with Crippen LogP contribution < -0.4 is 4.90 Å². The quantitative estimate of drug-likeness (QED) is 0.192. The summed E-state index contributed by atoms with van der Waals surface area (Å²) in [6.07, 6.45) is 7.69. The van der Waals surface area contributed by atoms with E-state index in [0.717, 1.165) is 55.7 Å². The van der Waals surface area contributed by atoms with E-state index in [9.17, 15) is 4.79 Å². The standard InChI is InChI=1S/C19H22BrN.C18H28ClN5O2/c1-18(2)10-11-19(3,4)15-12-13(8-9-14(15)18)16-6-5-7-17(20)21-16;1-18(2,3)26-15(25)10-13-4-7-24(11-13)14-5-8-23(9-6-14)17-21-12-20-16(19)22-17/h5-9,12H,10-11H2,1-4H3;12-14H,4-11H2,1-3H3. The number of likely N-dealkylation sites (tertiary alicyclic amines) is 1. The molecule has 0 amide bonds. The van der Waals surface area contributed by atoms with Gasteiger partial charge in [0, 0.05) is 37.7 Å². The van der Waals surface area contributed by atoms with Crippen molar-refractivity contribution in [3.05, 3.63) is 63.7 Å². The molecule has 4 heterocycles. The van der Waals surface area contributed by atoms with E-state index in [1.54, 1.807) is 0 Å². The molecule has 2 fully saturated rings. The summed E-state index contributed by atoms with van der Waals surface area (Å²) in [6.45, 7) is 19.1. The minimum Gasteiger partial charge on any atom is -0.460 e. The summed E-state index contributed by atoms with van der Waals surface area (Å²) in [6, 6.07) is 13.5. The number of hydrogen-bond acceptors (Lipinski definition) is 8. The number of anilines is 1. The smallest absolute Gasteiger partial charge is 0.306 e. The number of benzene rings is 1. The number of nitrogens with zero attached hydrogens (tertiary/aromatic N) is 6. The van der Waals surface area contributed by atoms with Crippen molar-refractivity contribution in [2.24, 2.45) is 5.92 Å². The second-order valence-corrected chi connectivity index (χ2v) is 16.7. The molecule has 0 spiro atoms. The minimum atomic E-state index is -0.403. The van der Waals surface area contributed by atoms with Gasteiger partial charge in [0.05, 0.1) is 5.69 Å². The topological polar surface area (TPSA) is 84.3 Å². The molecule has 3 aromatic rings. The summed E-state index contributed by atoms with van der Waals surface area (Å²) in [5, 5.41) is 0.238. The van der Waals surface area contributed by atoms with Crippen LogP contribution in [0.1, 0.15) is 98.1 Å². The first-order valence-corrected chi connectivity index (χ1v) is 18.1. The first kappa shape index (κ1) is 35.7. The third kappa shape index (κ3) is 9.30. The summed E-state index contributed by atoms with van der Waals surface area (Å²) < 4.78 is 6.35. The number of pyridine rings is 1. The fourth-order valence-electron chi connectivity index (χ4n) is 7.15. The van der Waals surface area contributed by atoms with Crippen molar-refractivity contribution in [3.8, 4) is 11.3 Å². The first-order chi connectivity index (χ1) is 22.1. The second kappa shape index (κ2) is 14.5. The first-order valence-electron chi connectivity index (χ1n) is 16.9. The minimum absolute atomic E-state index is 0.0779. The fourth-order valence-corrected chi connectivity index (χ4v) is 7.61. The fraction of sp³-hybridized carbons (Fsp3) is 0.595. The van der Waals surface area contributed by atoms with E-state index >= 15 is 0 Å². The molecule has 3 aliphatic rings. The average molecular weight is 726 g/mol. The number of halogens is 2. The maximum absolute atomic E-state index is 12.0. The van der Waals surface area contributed by atoms with Crippen molar-refractivity contribution < 1.29 is 9.53 Å². The number of hydrogen-bond donors (Lipinski definition) is 0. The van der Waals surface area contributed by atoms with E-state index < -0.39 is 5.60 Å². The van der Waals surface area contributed by atoms with E-state index in [4.69, 9.17) is 16.3 Å². The predicted molar refractivity (Wildman–Crippen MR) is 193 cm³/mol. The van der Waals surface area contributed by atoms with Crippen molar-refractivity contribution in [1.29, 1.82) is 0 Å². The van der Waals surface area contributed by atoms with E-state index in [1.165, 1.54) is 35.9 Å². The van der Waals surface area contributed by atoms with Crippen LogP contribution in [0.15, 0.2) is 47.3 Å². The Morgan fingerprint density at radius 1 is 0.957 bits per heavy atom. The van der Waals surface area contributed by atoms with Gasteiger partial charge in [-0.2, -0.15) is 4.98 Å². The molecule has 0 saturated carbocycles. The molecule has 2 aliphatic heterocycles. The molecule has 254 valence electrons. The predicted octanol–water partition coefficient (Wildman–Crippen LogP) is 8.41. The largest absolute Gasteiger partial charge is 0.460 e. The molecule has 1 aliphatic carbocycles. The van der Waals surface area contributed by atoms with E-state index in [1.807, 2.05) is 32.9 Å². The van der Waals surface area contributed by atoms with Gasteiger partial charge in [0.25, 0.3) is 0 Å². The Labute approximate surface area is 294 Å². The molecule has 0 N–H and O–H groups in total. The lowest BCUT2D eigenvalue weighted by Gasteiger charge is -2.42. The molecule has 8 nitrogen and oxygen atoms in total. The maximum Gasteiger partial charge on any atom is 0.306 e. The molecule has 1 aromatic carbocycles. The molecule has 47 heavy (non-hydrogen) atoms. The number of carbonyl (C=O) groups excluding carboxylic acids is 1. The van der Waals surface area contributed by atoms with Crippen molar-refractivity contribution in [1.82, 2.24) is 24.8 Å². The highest BCUT2D eigenvalue weighted by Crippen LogP contribution is 2.46. The van der Waals surface area contributed by atoms with Gasteiger partial charge in [0.2, 0.25) is 11.2 Å². The number of aromatic nitrogens is 4. The zero-order valence-electron chi connectivity index (χ0n) is 29.0. The number of rotatable bonds is 5. The lowest BCUT2D eigenvalue weighted by atomic mass is 9.63. The molecule has 10 heteroatoms. The van der Waals surface area contributed by atoms with Gasteiger partial charge in [-0.25, -0.2) is 15.0 Å². The molecule has 0 bridgehead atoms. The van der Waals surface area contributed by atoms with Crippen molar-refractivity contribution in [3.63, 3.8) is 0 Å². The van der Waals surface area contributed by atoms with Crippen LogP contribution in [-0.4, -0.2) is 68.6 Å². The summed E-state index contributed by atoms with van der Waals surface area (Å²) in [5.74, 6) is 0.990. The Kier molecular flexibility index (Phi) is 11.0. The number of esters is 1. The van der Waals surface area contributed by atoms with E-state index in [2.05, 4.69) is 97.6 Å². The highest BCUT2D eigenvalue weighted by Gasteiger charge is 2.37. The highest BCUT2D eigenvalue weighted by molar-refractivity contribution is 9.10. The Bertz CT molecular complexity index is 1550. The third-order valence-electron chi connectivity index (χ3n) is 9.85. The lowest BCUT2D eigenvalue weighted by Crippen LogP contribution is -2.44. The molecule has 2 aromatic heterocycles. The van der Waals surface area contributed by atoms with Gasteiger partial charge in [-0.3, -0.25) is 9.69 Å². The van der Waals surface area contributed by atoms with Crippen LogP contribution in [0.2, 0.25) is 5.28 Å². The number of ether oxygens (including phenoxy) is 1. The Morgan fingerprint density at radius 3 is 2.32 bits per heavy atom. The molecule has 2 saturated heterocycles. The van der Waals surface area contributed by atoms with Crippen LogP contribution in [0, 0.1) is 5.92 Å². The van der Waals surface area contributed by atoms with Crippen molar-refractivity contribution in [2.75, 3.05) is 31.1 Å². The van der Waals surface area contributed by atoms with Gasteiger partial charge in [-0.1, -0.05) is 45.9 Å². The van der Waals surface area contributed by atoms with Crippen LogP contribution in [0.4, 0.5) is 5.95 Å². The van der Waals surface area contributed by atoms with Gasteiger partial charge in [0.15, 0.2) is 0 Å². The van der Waals surface area contributed by atoms with Crippen molar-refractivity contribution in [2.45, 2.75) is 109 Å². The summed E-state index contributed by atoms with van der Waals surface area (Å²) >= 11 is 9.32. The molecule has 6 rings (SSSR count). The molecule has 0 radical (unpaired) electrons. The molecule has 1 atom stereocenters. The number of carbonyl (C=O) groups is 1. The monoisotopic (exact) mass is 724 g/mol. The Balaban J connectivity index is 0.000000189. The molecular formula is C37H50BrClN6O2. The zero-order valence-corrected chi connectivity index (χ0v) is 31.4. The molecular weight excluding hydrogens is 676 g/mol. The highest BCUT2D eigenvalue weighted by atomic mass is 79.9. The SMILES string of the molecule is CC(C)(C)OC(=O)CC1CCN(C2CCN(c3ncnc(Cl)n3)CC2)C1.CC1(C)CCC(C)(C)c2cc(-c3cccc(Br)n3)ccc21. The lowest BCUT2D eigenvalue weighted by molar-refractivity contribution is -0.155. The number of fused-ring (bicyclic) bond motifs is 1. The van der Waals surface area contributed by atoms with Crippen molar-refractivity contribution >= 4 is 39.4 Å². The summed E-state index contributed by atoms with van der Waals surface area (Å²) in [7, 11) is 0. The molecule has 1 unspecified atom stereocenters. The maximum atomic E-state index is 12.0. The zero-order chi connectivity index (χ0) is 34.0. The van der Waals surface area contributed by atoms with Crippen LogP contribution in [0.5, 0.6) is 0 Å². The number of piperidine rings is 1. The van der Waals surface area contributed by atoms with Gasteiger partial charge in [-0.15, -0.1) is 0 Å². The summed E-state index contributed by atoms with van der Waals surface area (Å²) in [5.41, 5.74) is 5.34. The van der Waals surface area contributed by atoms with Crippen LogP contribution in [-0.2, 0) is 20.4 Å². The Morgan fingerprint density at radius 2 is 1.66 bits per heavy atom. The van der Waals surface area contributed by atoms with Crippen LogP contribution in [0.25, 0.3) is 11.3 Å². The van der Waals surface area contributed by atoms with Crippen LogP contribution in [0.3, 0.4) is 0 Å². The van der Waals surface area contributed by atoms with E-state index in [0.29, 0.717) is 24.3 Å². The average Bonchev–Trinajstić information content (AvgIpc) is 3.47. The third-order valence-corrected chi connectivity index (χ3v) is 10.5. The van der Waals surface area contributed by atoms with Gasteiger partial charge in [0.1, 0.15) is 16.5 Å². The van der Waals surface area contributed by atoms with Gasteiger partial charge >= 0.3 is 5.97 Å². The van der Waals surface area contributed by atoms with Gasteiger partial charge < -0.3 is 9.64 Å². The summed E-state index contributed by atoms with van der Waals surface area (Å²) in [4.78, 5) is 33.6. The van der Waals surface area contributed by atoms with E-state index in [-0.39, 0.29) is 22.1 Å². The Hall–Kier alpha value is -2.62.